The fraction of sp³-hybridized carbons (Fsp3) is 0.100. The third-order valence-electron chi connectivity index (χ3n) is 4.00. The van der Waals surface area contributed by atoms with Gasteiger partial charge in [0.2, 0.25) is 0 Å². The molecular weight excluding hydrogens is 408 g/mol. The highest BCUT2D eigenvalue weighted by atomic mass is 79.9. The molecule has 132 valence electrons. The highest BCUT2D eigenvalue weighted by Crippen LogP contribution is 2.09. The van der Waals surface area contributed by atoms with E-state index in [0.29, 0.717) is 16.7 Å². The summed E-state index contributed by atoms with van der Waals surface area (Å²) in [7, 11) is 0. The molecule has 0 N–H and O–H groups in total. The second-order valence-corrected chi connectivity index (χ2v) is 6.76. The molecule has 0 fully saturated rings. The minimum Gasteiger partial charge on any atom is -0.295 e. The van der Waals surface area contributed by atoms with Crippen molar-refractivity contribution >= 4 is 15.9 Å². The Morgan fingerprint density at radius 1 is 0.889 bits per heavy atom. The lowest BCUT2D eigenvalue weighted by atomic mass is 10.1. The Bertz CT molecular complexity index is 1210. The van der Waals surface area contributed by atoms with Gasteiger partial charge in [0.25, 0.3) is 5.56 Å². The zero-order valence-corrected chi connectivity index (χ0v) is 15.7. The summed E-state index contributed by atoms with van der Waals surface area (Å²) >= 11 is 3.22. The van der Waals surface area contributed by atoms with E-state index in [4.69, 9.17) is 10.5 Å². The van der Waals surface area contributed by atoms with Crippen molar-refractivity contribution in [3.8, 4) is 12.1 Å². The topological polar surface area (TPSA) is 91.6 Å². The fourth-order valence-electron chi connectivity index (χ4n) is 2.73. The lowest BCUT2D eigenvalue weighted by Gasteiger charge is -2.12. The number of aromatic nitrogens is 2. The van der Waals surface area contributed by atoms with E-state index in [1.807, 2.05) is 12.1 Å². The van der Waals surface area contributed by atoms with Crippen LogP contribution in [-0.4, -0.2) is 9.13 Å². The van der Waals surface area contributed by atoms with E-state index in [-0.39, 0.29) is 17.6 Å². The van der Waals surface area contributed by atoms with Crippen molar-refractivity contribution in [1.29, 1.82) is 10.5 Å². The van der Waals surface area contributed by atoms with Gasteiger partial charge in [-0.25, -0.2) is 4.79 Å². The van der Waals surface area contributed by atoms with Crippen LogP contribution in [0.4, 0.5) is 0 Å². The average molecular weight is 421 g/mol. The molecule has 2 aromatic carbocycles. The Balaban J connectivity index is 2.02. The van der Waals surface area contributed by atoms with Crippen LogP contribution in [0.5, 0.6) is 0 Å². The van der Waals surface area contributed by atoms with Gasteiger partial charge in [-0.15, -0.1) is 0 Å². The lowest BCUT2D eigenvalue weighted by molar-refractivity contribution is 0.607. The van der Waals surface area contributed by atoms with Gasteiger partial charge in [-0.2, -0.15) is 10.5 Å². The van der Waals surface area contributed by atoms with Gasteiger partial charge < -0.3 is 0 Å². The number of benzene rings is 2. The molecule has 0 spiro atoms. The Kier molecular flexibility index (Phi) is 5.35. The van der Waals surface area contributed by atoms with Crippen LogP contribution in [0.15, 0.2) is 68.8 Å². The third-order valence-corrected chi connectivity index (χ3v) is 4.54. The standard InChI is InChI=1S/C20H13BrN4O2/c21-18-13-24(11-16-5-1-3-14(7-16)9-22)20(27)25(19(18)26)12-17-6-2-4-15(8-17)10-23/h1-8,13H,11-12H2. The van der Waals surface area contributed by atoms with Crippen molar-refractivity contribution in [3.63, 3.8) is 0 Å². The largest absolute Gasteiger partial charge is 0.331 e. The number of halogens is 1. The number of hydrogen-bond acceptors (Lipinski definition) is 4. The van der Waals surface area contributed by atoms with E-state index in [1.54, 1.807) is 42.5 Å². The van der Waals surface area contributed by atoms with Crippen molar-refractivity contribution in [3.05, 3.63) is 102 Å². The highest BCUT2D eigenvalue weighted by molar-refractivity contribution is 9.10. The van der Waals surface area contributed by atoms with E-state index >= 15 is 0 Å². The molecule has 0 saturated heterocycles. The van der Waals surface area contributed by atoms with Gasteiger partial charge in [0.1, 0.15) is 0 Å². The summed E-state index contributed by atoms with van der Waals surface area (Å²) in [6.45, 7) is 0.288. The number of hydrogen-bond donors (Lipinski definition) is 0. The van der Waals surface area contributed by atoms with E-state index in [2.05, 4.69) is 22.0 Å². The summed E-state index contributed by atoms with van der Waals surface area (Å²) in [5, 5.41) is 18.0. The third kappa shape index (κ3) is 4.05. The van der Waals surface area contributed by atoms with Gasteiger partial charge in [0.05, 0.1) is 40.8 Å². The molecule has 0 saturated carbocycles. The predicted octanol–water partition coefficient (Wildman–Crippen LogP) is 2.61. The van der Waals surface area contributed by atoms with Gasteiger partial charge in [-0.3, -0.25) is 13.9 Å². The van der Waals surface area contributed by atoms with Crippen LogP contribution in [0.25, 0.3) is 0 Å². The molecule has 0 radical (unpaired) electrons. The van der Waals surface area contributed by atoms with E-state index in [0.717, 1.165) is 10.1 Å². The summed E-state index contributed by atoms with van der Waals surface area (Å²) in [5.41, 5.74) is 1.52. The maximum atomic E-state index is 12.8. The first-order valence-electron chi connectivity index (χ1n) is 7.99. The second-order valence-electron chi connectivity index (χ2n) is 5.90. The molecular formula is C20H13BrN4O2. The Hall–Kier alpha value is -3.42. The molecule has 0 atom stereocenters. The van der Waals surface area contributed by atoms with Crippen molar-refractivity contribution in [1.82, 2.24) is 9.13 Å². The molecule has 0 amide bonds. The molecule has 3 rings (SSSR count). The van der Waals surface area contributed by atoms with Crippen LogP contribution < -0.4 is 11.2 Å². The number of nitrogens with zero attached hydrogens (tertiary/aromatic N) is 4. The van der Waals surface area contributed by atoms with Crippen molar-refractivity contribution < 1.29 is 0 Å². The van der Waals surface area contributed by atoms with Crippen molar-refractivity contribution in [2.24, 2.45) is 0 Å². The van der Waals surface area contributed by atoms with Crippen LogP contribution in [0.1, 0.15) is 22.3 Å². The molecule has 1 heterocycles. The number of rotatable bonds is 4. The van der Waals surface area contributed by atoms with Gasteiger partial charge >= 0.3 is 5.69 Å². The van der Waals surface area contributed by atoms with Gasteiger partial charge in [-0.1, -0.05) is 24.3 Å². The summed E-state index contributed by atoms with van der Waals surface area (Å²) < 4.78 is 2.79. The Morgan fingerprint density at radius 3 is 2.00 bits per heavy atom. The minimum absolute atomic E-state index is 0.0604. The van der Waals surface area contributed by atoms with Gasteiger partial charge in [0.15, 0.2) is 0 Å². The fourth-order valence-corrected chi connectivity index (χ4v) is 3.19. The minimum atomic E-state index is -0.465. The number of nitriles is 2. The molecule has 0 aliphatic rings. The van der Waals surface area contributed by atoms with Crippen LogP contribution in [-0.2, 0) is 13.1 Å². The Labute approximate surface area is 163 Å². The summed E-state index contributed by atoms with van der Waals surface area (Å²) in [4.78, 5) is 25.3. The van der Waals surface area contributed by atoms with Crippen LogP contribution in [0.3, 0.4) is 0 Å². The van der Waals surface area contributed by atoms with E-state index in [9.17, 15) is 9.59 Å². The normalized spacial score (nSPS) is 10.2. The van der Waals surface area contributed by atoms with Crippen molar-refractivity contribution in [2.75, 3.05) is 0 Å². The van der Waals surface area contributed by atoms with Gasteiger partial charge in [-0.05, 0) is 51.3 Å². The van der Waals surface area contributed by atoms with Crippen LogP contribution in [0, 0.1) is 22.7 Å². The molecule has 0 aliphatic carbocycles. The van der Waals surface area contributed by atoms with Crippen LogP contribution >= 0.6 is 15.9 Å². The van der Waals surface area contributed by atoms with Crippen LogP contribution in [0.2, 0.25) is 0 Å². The quantitative estimate of drug-likeness (QED) is 0.648. The first-order valence-corrected chi connectivity index (χ1v) is 8.79. The summed E-state index contributed by atoms with van der Waals surface area (Å²) in [5.74, 6) is 0. The zero-order chi connectivity index (χ0) is 19.4. The predicted molar refractivity (Wildman–Crippen MR) is 103 cm³/mol. The second kappa shape index (κ2) is 7.86. The first kappa shape index (κ1) is 18.4. The maximum absolute atomic E-state index is 12.8. The smallest absolute Gasteiger partial charge is 0.295 e. The molecule has 1 aromatic heterocycles. The first-order chi connectivity index (χ1) is 13.0. The van der Waals surface area contributed by atoms with E-state index in [1.165, 1.54) is 10.8 Å². The van der Waals surface area contributed by atoms with Gasteiger partial charge in [0, 0.05) is 6.20 Å². The monoisotopic (exact) mass is 420 g/mol. The maximum Gasteiger partial charge on any atom is 0.331 e. The molecule has 0 unspecified atom stereocenters. The summed E-state index contributed by atoms with van der Waals surface area (Å²) in [6, 6.07) is 17.8. The summed E-state index contributed by atoms with van der Waals surface area (Å²) in [6.07, 6.45) is 1.45. The Morgan fingerprint density at radius 2 is 1.44 bits per heavy atom. The molecule has 27 heavy (non-hydrogen) atoms. The lowest BCUT2D eigenvalue weighted by Crippen LogP contribution is -2.40. The molecule has 7 heteroatoms. The molecule has 0 aliphatic heterocycles. The molecule has 3 aromatic rings. The SMILES string of the molecule is N#Cc1cccc(Cn2cc(Br)c(=O)n(Cc3cccc(C#N)c3)c2=O)c1. The molecule has 0 bridgehead atoms. The average Bonchev–Trinajstić information content (AvgIpc) is 2.69. The van der Waals surface area contributed by atoms with E-state index < -0.39 is 11.2 Å². The van der Waals surface area contributed by atoms with Crippen molar-refractivity contribution in [2.45, 2.75) is 13.1 Å². The molecule has 6 nitrogen and oxygen atoms in total. The highest BCUT2D eigenvalue weighted by Gasteiger charge is 2.11. The zero-order valence-electron chi connectivity index (χ0n) is 14.1.